The quantitative estimate of drug-likeness (QED) is 0.249. The number of likely N-dealkylation sites (N-methyl/N-ethyl adjacent to an activating group) is 1. The van der Waals surface area contributed by atoms with Crippen LogP contribution in [-0.2, 0) is 32.9 Å². The Hall–Kier alpha value is -4.81. The van der Waals surface area contributed by atoms with Crippen LogP contribution in [-0.4, -0.2) is 66.6 Å². The van der Waals surface area contributed by atoms with Crippen LogP contribution in [0.25, 0.3) is 0 Å². The van der Waals surface area contributed by atoms with E-state index < -0.39 is 31.5 Å². The van der Waals surface area contributed by atoms with Crippen LogP contribution in [0.3, 0.4) is 0 Å². The number of ether oxygens (including phenoxy) is 2. The van der Waals surface area contributed by atoms with E-state index >= 15 is 0 Å². The number of hydrogen-bond donors (Lipinski definition) is 2. The van der Waals surface area contributed by atoms with Crippen LogP contribution in [0, 0.1) is 5.92 Å². The average Bonchev–Trinajstić information content (AvgIpc) is 3.48. The normalized spacial score (nSPS) is 25.3. The van der Waals surface area contributed by atoms with Gasteiger partial charge in [0.1, 0.15) is 5.75 Å². The highest BCUT2D eigenvalue weighted by atomic mass is 28.4. The zero-order chi connectivity index (χ0) is 35.8. The van der Waals surface area contributed by atoms with Crippen molar-refractivity contribution in [2.24, 2.45) is 5.92 Å². The summed E-state index contributed by atoms with van der Waals surface area (Å²) in [6.07, 6.45) is -0.269. The van der Waals surface area contributed by atoms with E-state index in [0.717, 1.165) is 11.1 Å². The molecule has 0 radical (unpaired) electrons. The Bertz CT molecular complexity index is 2080. The lowest BCUT2D eigenvalue weighted by atomic mass is 9.82. The van der Waals surface area contributed by atoms with Gasteiger partial charge in [-0.15, -0.1) is 0 Å². The molecular formula is C40H41N3O7Si. The molecule has 0 saturated carbocycles. The van der Waals surface area contributed by atoms with Crippen molar-refractivity contribution >= 4 is 43.1 Å². The number of fused-ring (bicyclic) bond motifs is 5. The maximum absolute atomic E-state index is 14.5. The van der Waals surface area contributed by atoms with Crippen LogP contribution in [0.5, 0.6) is 11.5 Å². The number of anilines is 3. The van der Waals surface area contributed by atoms with Gasteiger partial charge in [0.25, 0.3) is 11.8 Å². The van der Waals surface area contributed by atoms with Crippen LogP contribution in [0.1, 0.15) is 40.4 Å². The minimum Gasteiger partial charge on any atom is -0.454 e. The first-order valence-corrected chi connectivity index (χ1v) is 20.5. The Morgan fingerprint density at radius 2 is 1.61 bits per heavy atom. The van der Waals surface area contributed by atoms with E-state index in [1.165, 1.54) is 0 Å². The van der Waals surface area contributed by atoms with E-state index in [-0.39, 0.29) is 36.8 Å². The van der Waals surface area contributed by atoms with Crippen molar-refractivity contribution in [2.75, 3.05) is 23.5 Å². The number of carbonyl (C=O) groups excluding carboxylic acids is 3. The SMILES string of the molecule is C[C@@H]1[C@@H]([Si](C)(C)O)[C@H](CC(=O)N2Cc3ccccc3C[C@H]2CO)O[C@@]12C(=O)N(C)c1ccc(N3C(=O)c4ccccc4Oc4ccccc43)cc12. The van der Waals surface area contributed by atoms with Crippen molar-refractivity contribution in [3.05, 3.63) is 113 Å². The topological polar surface area (TPSA) is 120 Å². The van der Waals surface area contributed by atoms with Crippen LogP contribution in [0.2, 0.25) is 18.6 Å². The fourth-order valence-electron chi connectivity index (χ4n) is 8.91. The molecule has 0 aromatic heterocycles. The molecule has 4 heterocycles. The third-order valence-electron chi connectivity index (χ3n) is 11.3. The molecule has 4 aliphatic rings. The molecule has 51 heavy (non-hydrogen) atoms. The lowest BCUT2D eigenvalue weighted by molar-refractivity contribution is -0.150. The van der Waals surface area contributed by atoms with Crippen LogP contribution in [0.4, 0.5) is 17.1 Å². The van der Waals surface area contributed by atoms with Crippen molar-refractivity contribution < 1.29 is 33.8 Å². The number of carbonyl (C=O) groups is 3. The van der Waals surface area contributed by atoms with Gasteiger partial charge in [-0.1, -0.05) is 55.5 Å². The largest absolute Gasteiger partial charge is 0.454 e. The van der Waals surface area contributed by atoms with Crippen molar-refractivity contribution in [1.82, 2.24) is 4.90 Å². The molecule has 0 unspecified atom stereocenters. The van der Waals surface area contributed by atoms with Gasteiger partial charge in [-0.3, -0.25) is 19.3 Å². The molecule has 4 aromatic rings. The van der Waals surface area contributed by atoms with Crippen LogP contribution >= 0.6 is 0 Å². The van der Waals surface area contributed by atoms with Gasteiger partial charge in [0.15, 0.2) is 19.7 Å². The van der Waals surface area contributed by atoms with Gasteiger partial charge >= 0.3 is 0 Å². The van der Waals surface area contributed by atoms with Crippen molar-refractivity contribution in [3.63, 3.8) is 0 Å². The lowest BCUT2D eigenvalue weighted by Crippen LogP contribution is -2.48. The zero-order valence-corrected chi connectivity index (χ0v) is 30.1. The minimum absolute atomic E-state index is 0.0511. The molecule has 3 amide bonds. The van der Waals surface area contributed by atoms with Gasteiger partial charge in [0, 0.05) is 36.3 Å². The maximum Gasteiger partial charge on any atom is 0.266 e. The predicted octanol–water partition coefficient (Wildman–Crippen LogP) is 5.88. The summed E-state index contributed by atoms with van der Waals surface area (Å²) in [6, 6.07) is 27.5. The average molecular weight is 704 g/mol. The summed E-state index contributed by atoms with van der Waals surface area (Å²) in [4.78, 5) is 59.6. The monoisotopic (exact) mass is 703 g/mol. The van der Waals surface area contributed by atoms with Gasteiger partial charge < -0.3 is 29.2 Å². The Morgan fingerprint density at radius 3 is 2.35 bits per heavy atom. The summed E-state index contributed by atoms with van der Waals surface area (Å²) in [6.45, 7) is 5.77. The molecule has 5 atom stereocenters. The Balaban J connectivity index is 1.20. The molecule has 262 valence electrons. The number of hydrogen-bond acceptors (Lipinski definition) is 7. The molecule has 1 fully saturated rings. The van der Waals surface area contributed by atoms with Crippen molar-refractivity contribution in [1.29, 1.82) is 0 Å². The summed E-state index contributed by atoms with van der Waals surface area (Å²) in [5, 5.41) is 10.3. The van der Waals surface area contributed by atoms with E-state index in [2.05, 4.69) is 0 Å². The highest BCUT2D eigenvalue weighted by Crippen LogP contribution is 2.60. The molecule has 1 saturated heterocycles. The minimum atomic E-state index is -3.06. The summed E-state index contributed by atoms with van der Waals surface area (Å²) in [7, 11) is -1.36. The molecule has 4 aliphatic heterocycles. The molecule has 0 bridgehead atoms. The third kappa shape index (κ3) is 5.13. The second-order valence-electron chi connectivity index (χ2n) is 14.7. The number of aliphatic hydroxyl groups excluding tert-OH is 1. The maximum atomic E-state index is 14.5. The Morgan fingerprint density at radius 1 is 0.922 bits per heavy atom. The molecular weight excluding hydrogens is 663 g/mol. The first-order chi connectivity index (χ1) is 24.4. The Kier molecular flexibility index (Phi) is 7.95. The van der Waals surface area contributed by atoms with Crippen LogP contribution < -0.4 is 14.5 Å². The molecule has 8 rings (SSSR count). The van der Waals surface area contributed by atoms with E-state index in [0.29, 0.717) is 52.7 Å². The van der Waals surface area contributed by atoms with Gasteiger partial charge in [0.2, 0.25) is 5.91 Å². The van der Waals surface area contributed by atoms with Gasteiger partial charge in [-0.2, -0.15) is 0 Å². The van der Waals surface area contributed by atoms with Crippen molar-refractivity contribution in [2.45, 2.75) is 62.7 Å². The summed E-state index contributed by atoms with van der Waals surface area (Å²) >= 11 is 0. The zero-order valence-electron chi connectivity index (χ0n) is 29.1. The third-order valence-corrected chi connectivity index (χ3v) is 13.8. The number of benzene rings is 4. The first kappa shape index (κ1) is 33.3. The van der Waals surface area contributed by atoms with E-state index in [4.69, 9.17) is 9.47 Å². The van der Waals surface area contributed by atoms with Gasteiger partial charge in [-0.05, 0) is 73.1 Å². The fourth-order valence-corrected chi connectivity index (χ4v) is 11.5. The number of para-hydroxylation sites is 3. The highest BCUT2D eigenvalue weighted by Gasteiger charge is 2.66. The standard InChI is InChI=1S/C40H41N3O7Si/c1-24-37(51(3,4)48)35(21-36(45)42-22-26-12-6-5-11-25(26)19-28(42)23-44)50-40(24)30-20-27(17-18-31(30)41(2)39(40)47)43-32-14-8-10-16-34(32)49-33-15-9-7-13-29(33)38(43)46/h5-18,20,24,28,35,37,44,48H,19,21-23H2,1-4H3/t24-,28+,35+,37-,40+/m1/s1. The molecule has 0 aliphatic carbocycles. The molecule has 1 spiro atoms. The number of amides is 3. The number of aliphatic hydroxyl groups is 1. The number of rotatable bonds is 5. The van der Waals surface area contributed by atoms with Gasteiger partial charge in [-0.25, -0.2) is 0 Å². The van der Waals surface area contributed by atoms with Crippen LogP contribution in [0.15, 0.2) is 91.0 Å². The predicted molar refractivity (Wildman–Crippen MR) is 195 cm³/mol. The second-order valence-corrected chi connectivity index (χ2v) is 18.6. The first-order valence-electron chi connectivity index (χ1n) is 17.4. The smallest absolute Gasteiger partial charge is 0.266 e. The van der Waals surface area contributed by atoms with E-state index in [1.54, 1.807) is 39.9 Å². The molecule has 2 N–H and O–H groups in total. The lowest BCUT2D eigenvalue weighted by Gasteiger charge is -2.37. The summed E-state index contributed by atoms with van der Waals surface area (Å²) in [5.74, 6) is -0.299. The molecule has 10 nitrogen and oxygen atoms in total. The fraction of sp³-hybridized carbons (Fsp3) is 0.325. The van der Waals surface area contributed by atoms with Crippen molar-refractivity contribution in [3.8, 4) is 11.5 Å². The van der Waals surface area contributed by atoms with E-state index in [1.807, 2.05) is 92.8 Å². The molecule has 11 heteroatoms. The van der Waals surface area contributed by atoms with E-state index in [9.17, 15) is 24.3 Å². The Labute approximate surface area is 298 Å². The summed E-state index contributed by atoms with van der Waals surface area (Å²) in [5.41, 5.74) is 2.87. The second kappa shape index (κ2) is 12.2. The van der Waals surface area contributed by atoms with Gasteiger partial charge in [0.05, 0.1) is 42.1 Å². The summed E-state index contributed by atoms with van der Waals surface area (Å²) < 4.78 is 13.2. The molecule has 4 aromatic carbocycles. The highest BCUT2D eigenvalue weighted by molar-refractivity contribution is 6.71. The number of nitrogens with zero attached hydrogens (tertiary/aromatic N) is 3.